The van der Waals surface area contributed by atoms with Crippen molar-refractivity contribution in [2.45, 2.75) is 52.9 Å². The van der Waals surface area contributed by atoms with Gasteiger partial charge in [0.25, 0.3) is 0 Å². The Bertz CT molecular complexity index is 511. The SMILES string of the molecule is Cc1cc(Br)cc(N)c1NC(=O)C1(CC(C)C)CCCC1. The normalized spacial score (nSPS) is 17.2. The van der Waals surface area contributed by atoms with E-state index in [9.17, 15) is 4.79 Å². The second-order valence-electron chi connectivity index (χ2n) is 6.73. The maximum Gasteiger partial charge on any atom is 0.230 e. The first-order chi connectivity index (χ1) is 9.84. The van der Waals surface area contributed by atoms with Crippen LogP contribution in [0.25, 0.3) is 0 Å². The first-order valence-electron chi connectivity index (χ1n) is 7.71. The Morgan fingerprint density at radius 1 is 1.38 bits per heavy atom. The molecule has 21 heavy (non-hydrogen) atoms. The van der Waals surface area contributed by atoms with Gasteiger partial charge < -0.3 is 11.1 Å². The summed E-state index contributed by atoms with van der Waals surface area (Å²) in [5.41, 5.74) is 8.23. The molecule has 1 aliphatic rings. The van der Waals surface area contributed by atoms with E-state index in [0.29, 0.717) is 11.6 Å². The fourth-order valence-corrected chi connectivity index (χ4v) is 4.13. The summed E-state index contributed by atoms with van der Waals surface area (Å²) >= 11 is 3.43. The predicted molar refractivity (Wildman–Crippen MR) is 92.3 cm³/mol. The molecule has 3 N–H and O–H groups in total. The van der Waals surface area contributed by atoms with Gasteiger partial charge in [0, 0.05) is 9.89 Å². The minimum Gasteiger partial charge on any atom is -0.397 e. The minimum absolute atomic E-state index is 0.144. The van der Waals surface area contributed by atoms with Crippen LogP contribution < -0.4 is 11.1 Å². The molecule has 0 saturated heterocycles. The lowest BCUT2D eigenvalue weighted by molar-refractivity contribution is -0.126. The van der Waals surface area contributed by atoms with Crippen LogP contribution in [0, 0.1) is 18.3 Å². The average Bonchev–Trinajstić information content (AvgIpc) is 2.82. The van der Waals surface area contributed by atoms with Crippen molar-refractivity contribution >= 4 is 33.2 Å². The Labute approximate surface area is 135 Å². The Morgan fingerprint density at radius 3 is 2.52 bits per heavy atom. The molecule has 3 nitrogen and oxygen atoms in total. The second kappa shape index (κ2) is 6.39. The van der Waals surface area contributed by atoms with Gasteiger partial charge in [-0.3, -0.25) is 4.79 Å². The first-order valence-corrected chi connectivity index (χ1v) is 8.50. The molecule has 0 spiro atoms. The number of amides is 1. The number of anilines is 2. The molecular formula is C17H25BrN2O. The highest BCUT2D eigenvalue weighted by Gasteiger charge is 2.41. The van der Waals surface area contributed by atoms with Gasteiger partial charge in [0.05, 0.1) is 11.4 Å². The number of nitrogens with two attached hydrogens (primary N) is 1. The summed E-state index contributed by atoms with van der Waals surface area (Å²) < 4.78 is 0.938. The third kappa shape index (κ3) is 3.60. The third-order valence-corrected chi connectivity index (χ3v) is 4.87. The lowest BCUT2D eigenvalue weighted by atomic mass is 9.77. The fraction of sp³-hybridized carbons (Fsp3) is 0.588. The molecule has 1 saturated carbocycles. The standard InChI is InChI=1S/C17H25BrN2O/c1-11(2)10-17(6-4-5-7-17)16(21)20-15-12(3)8-13(18)9-14(15)19/h8-9,11H,4-7,10,19H2,1-3H3,(H,20,21). The van der Waals surface area contributed by atoms with Gasteiger partial charge in [-0.1, -0.05) is 42.6 Å². The molecule has 1 aliphatic carbocycles. The smallest absolute Gasteiger partial charge is 0.230 e. The maximum absolute atomic E-state index is 12.9. The molecule has 0 heterocycles. The summed E-state index contributed by atoms with van der Waals surface area (Å²) in [4.78, 5) is 12.9. The summed E-state index contributed by atoms with van der Waals surface area (Å²) in [6.45, 7) is 6.35. The molecule has 0 atom stereocenters. The molecule has 116 valence electrons. The number of aryl methyl sites for hydroxylation is 1. The number of carbonyl (C=O) groups is 1. The summed E-state index contributed by atoms with van der Waals surface area (Å²) in [6.07, 6.45) is 5.23. The van der Waals surface area contributed by atoms with Crippen LogP contribution >= 0.6 is 15.9 Å². The van der Waals surface area contributed by atoms with E-state index in [1.54, 1.807) is 0 Å². The summed E-state index contributed by atoms with van der Waals surface area (Å²) in [6, 6.07) is 3.82. The molecule has 1 amide bonds. The number of hydrogen-bond donors (Lipinski definition) is 2. The number of carbonyl (C=O) groups excluding carboxylic acids is 1. The zero-order chi connectivity index (χ0) is 15.6. The third-order valence-electron chi connectivity index (χ3n) is 4.41. The molecule has 1 fully saturated rings. The van der Waals surface area contributed by atoms with Crippen molar-refractivity contribution in [3.63, 3.8) is 0 Å². The van der Waals surface area contributed by atoms with Crippen molar-refractivity contribution in [1.82, 2.24) is 0 Å². The van der Waals surface area contributed by atoms with E-state index in [1.165, 1.54) is 0 Å². The number of nitrogen functional groups attached to an aromatic ring is 1. The molecular weight excluding hydrogens is 328 g/mol. The van der Waals surface area contributed by atoms with E-state index >= 15 is 0 Å². The molecule has 1 aromatic rings. The van der Waals surface area contributed by atoms with Crippen LogP contribution in [0.3, 0.4) is 0 Å². The van der Waals surface area contributed by atoms with Crippen LogP contribution in [0.2, 0.25) is 0 Å². The lowest BCUT2D eigenvalue weighted by Crippen LogP contribution is -2.35. The zero-order valence-electron chi connectivity index (χ0n) is 13.1. The van der Waals surface area contributed by atoms with E-state index < -0.39 is 0 Å². The van der Waals surface area contributed by atoms with Gasteiger partial charge in [0.15, 0.2) is 0 Å². The highest BCUT2D eigenvalue weighted by atomic mass is 79.9. The van der Waals surface area contributed by atoms with Crippen LogP contribution in [0.1, 0.15) is 51.5 Å². The van der Waals surface area contributed by atoms with Crippen molar-refractivity contribution in [3.05, 3.63) is 22.2 Å². The van der Waals surface area contributed by atoms with E-state index in [0.717, 1.165) is 47.8 Å². The molecule has 0 bridgehead atoms. The number of nitrogens with one attached hydrogen (secondary N) is 1. The molecule has 4 heteroatoms. The first kappa shape index (κ1) is 16.3. The molecule has 0 aliphatic heterocycles. The highest BCUT2D eigenvalue weighted by Crippen LogP contribution is 2.44. The van der Waals surface area contributed by atoms with Crippen LogP contribution in [-0.4, -0.2) is 5.91 Å². The van der Waals surface area contributed by atoms with E-state index in [4.69, 9.17) is 5.73 Å². The van der Waals surface area contributed by atoms with Gasteiger partial charge in [0.2, 0.25) is 5.91 Å². The van der Waals surface area contributed by atoms with Gasteiger partial charge in [0.1, 0.15) is 0 Å². The Kier molecular flexibility index (Phi) is 4.97. The van der Waals surface area contributed by atoms with Crippen LogP contribution in [0.5, 0.6) is 0 Å². The quantitative estimate of drug-likeness (QED) is 0.758. The van der Waals surface area contributed by atoms with Gasteiger partial charge >= 0.3 is 0 Å². The van der Waals surface area contributed by atoms with Crippen LogP contribution in [0.15, 0.2) is 16.6 Å². The fourth-order valence-electron chi connectivity index (χ4n) is 3.54. The Hall–Kier alpha value is -1.03. The summed E-state index contributed by atoms with van der Waals surface area (Å²) in [7, 11) is 0. The van der Waals surface area contributed by atoms with Crippen molar-refractivity contribution in [2.24, 2.45) is 11.3 Å². The lowest BCUT2D eigenvalue weighted by Gasteiger charge is -2.30. The number of hydrogen-bond acceptors (Lipinski definition) is 2. The molecule has 0 aromatic heterocycles. The maximum atomic E-state index is 12.9. The van der Waals surface area contributed by atoms with E-state index in [-0.39, 0.29) is 11.3 Å². The Balaban J connectivity index is 2.24. The van der Waals surface area contributed by atoms with Gasteiger partial charge in [-0.15, -0.1) is 0 Å². The highest BCUT2D eigenvalue weighted by molar-refractivity contribution is 9.10. The molecule has 0 radical (unpaired) electrons. The van der Waals surface area contributed by atoms with E-state index in [2.05, 4.69) is 35.1 Å². The minimum atomic E-state index is -0.208. The van der Waals surface area contributed by atoms with Crippen molar-refractivity contribution in [3.8, 4) is 0 Å². The van der Waals surface area contributed by atoms with E-state index in [1.807, 2.05) is 19.1 Å². The summed E-state index contributed by atoms with van der Waals surface area (Å²) in [5, 5.41) is 3.11. The van der Waals surface area contributed by atoms with Crippen LogP contribution in [0.4, 0.5) is 11.4 Å². The van der Waals surface area contributed by atoms with Crippen molar-refractivity contribution < 1.29 is 4.79 Å². The second-order valence-corrected chi connectivity index (χ2v) is 7.64. The molecule has 1 aromatic carbocycles. The number of benzene rings is 1. The number of halogens is 1. The predicted octanol–water partition coefficient (Wildman–Crippen LogP) is 4.88. The van der Waals surface area contributed by atoms with Crippen molar-refractivity contribution in [2.75, 3.05) is 11.1 Å². The molecule has 0 unspecified atom stereocenters. The van der Waals surface area contributed by atoms with Crippen molar-refractivity contribution in [1.29, 1.82) is 0 Å². The number of rotatable bonds is 4. The topological polar surface area (TPSA) is 55.1 Å². The monoisotopic (exact) mass is 352 g/mol. The summed E-state index contributed by atoms with van der Waals surface area (Å²) in [5.74, 6) is 0.669. The van der Waals surface area contributed by atoms with Gasteiger partial charge in [-0.05, 0) is 49.8 Å². The zero-order valence-corrected chi connectivity index (χ0v) is 14.7. The Morgan fingerprint density at radius 2 is 2.00 bits per heavy atom. The van der Waals surface area contributed by atoms with Gasteiger partial charge in [-0.2, -0.15) is 0 Å². The van der Waals surface area contributed by atoms with Crippen LogP contribution in [-0.2, 0) is 4.79 Å². The molecule has 2 rings (SSSR count). The average molecular weight is 353 g/mol. The largest absolute Gasteiger partial charge is 0.397 e. The van der Waals surface area contributed by atoms with Gasteiger partial charge in [-0.25, -0.2) is 0 Å².